The van der Waals surface area contributed by atoms with E-state index in [4.69, 9.17) is 0 Å². The quantitative estimate of drug-likeness (QED) is 0.522. The van der Waals surface area contributed by atoms with Crippen molar-refractivity contribution in [1.29, 1.82) is 0 Å². The first kappa shape index (κ1) is 10.3. The summed E-state index contributed by atoms with van der Waals surface area (Å²) in [6.07, 6.45) is 1.59. The number of pyridine rings is 1. The van der Waals surface area contributed by atoms with Crippen LogP contribution < -0.4 is 5.43 Å². The van der Waals surface area contributed by atoms with Gasteiger partial charge < -0.3 is 4.98 Å². The lowest BCUT2D eigenvalue weighted by atomic mass is 10.1. The Labute approximate surface area is 106 Å². The van der Waals surface area contributed by atoms with Gasteiger partial charge in [-0.1, -0.05) is 6.07 Å². The molecular formula is C14H7FN2O2. The van der Waals surface area contributed by atoms with E-state index in [2.05, 4.69) is 4.98 Å². The highest BCUT2D eigenvalue weighted by Gasteiger charge is 2.30. The molecule has 5 heteroatoms. The maximum Gasteiger partial charge on any atom is 0.268 e. The maximum atomic E-state index is 13.8. The number of fused-ring (bicyclic) bond motifs is 4. The number of carbonyl (C=O) groups excluding carboxylic acids is 1. The predicted molar refractivity (Wildman–Crippen MR) is 67.7 cm³/mol. The monoisotopic (exact) mass is 254 g/mol. The Morgan fingerprint density at radius 3 is 2.79 bits per heavy atom. The minimum absolute atomic E-state index is 0.0775. The van der Waals surface area contributed by atoms with Crippen molar-refractivity contribution in [2.24, 2.45) is 0 Å². The molecule has 0 amide bonds. The molecule has 3 aromatic rings. The number of benzene rings is 1. The largest absolute Gasteiger partial charge is 0.350 e. The molecule has 92 valence electrons. The lowest BCUT2D eigenvalue weighted by Crippen LogP contribution is -2.17. The summed E-state index contributed by atoms with van der Waals surface area (Å²) in [5.41, 5.74) is 0.749. The Morgan fingerprint density at radius 2 is 1.95 bits per heavy atom. The highest BCUT2D eigenvalue weighted by Crippen LogP contribution is 2.30. The zero-order valence-electron chi connectivity index (χ0n) is 9.61. The van der Waals surface area contributed by atoms with Crippen molar-refractivity contribution in [3.05, 3.63) is 58.1 Å². The summed E-state index contributed by atoms with van der Waals surface area (Å²) in [6.45, 7) is 0. The normalized spacial score (nSPS) is 12.8. The number of aromatic amines is 1. The van der Waals surface area contributed by atoms with Crippen LogP contribution in [0.2, 0.25) is 0 Å². The molecule has 1 aliphatic heterocycles. The third-order valence-corrected chi connectivity index (χ3v) is 3.42. The van der Waals surface area contributed by atoms with Crippen molar-refractivity contribution < 1.29 is 9.18 Å². The highest BCUT2D eigenvalue weighted by molar-refractivity contribution is 6.10. The average molecular weight is 254 g/mol. The SMILES string of the molecule is O=C1c2c([nH]c3c(F)cccc3c2=O)-c2cccn21. The molecule has 0 saturated heterocycles. The van der Waals surface area contributed by atoms with Crippen molar-refractivity contribution in [2.75, 3.05) is 0 Å². The molecular weight excluding hydrogens is 247 g/mol. The topological polar surface area (TPSA) is 54.9 Å². The summed E-state index contributed by atoms with van der Waals surface area (Å²) in [6, 6.07) is 7.67. The Hall–Kier alpha value is -2.69. The van der Waals surface area contributed by atoms with E-state index >= 15 is 0 Å². The van der Waals surface area contributed by atoms with E-state index in [9.17, 15) is 14.0 Å². The average Bonchev–Trinajstić information content (AvgIpc) is 2.96. The number of hydrogen-bond donors (Lipinski definition) is 1. The number of carbonyl (C=O) groups is 1. The van der Waals surface area contributed by atoms with Crippen LogP contribution in [0, 0.1) is 5.82 Å². The summed E-state index contributed by atoms with van der Waals surface area (Å²) < 4.78 is 15.2. The lowest BCUT2D eigenvalue weighted by Gasteiger charge is -2.03. The molecule has 19 heavy (non-hydrogen) atoms. The summed E-state index contributed by atoms with van der Waals surface area (Å²) >= 11 is 0. The minimum atomic E-state index is -0.505. The molecule has 1 aliphatic rings. The molecule has 1 aromatic carbocycles. The molecule has 2 aromatic heterocycles. The van der Waals surface area contributed by atoms with Gasteiger partial charge in [-0.15, -0.1) is 0 Å². The van der Waals surface area contributed by atoms with Gasteiger partial charge in [0.25, 0.3) is 5.91 Å². The second-order valence-electron chi connectivity index (χ2n) is 4.44. The molecule has 0 bridgehead atoms. The molecule has 0 radical (unpaired) electrons. The van der Waals surface area contributed by atoms with Crippen LogP contribution in [0.1, 0.15) is 10.4 Å². The van der Waals surface area contributed by atoms with Gasteiger partial charge in [0.05, 0.1) is 16.9 Å². The molecule has 0 unspecified atom stereocenters. The number of hydrogen-bond acceptors (Lipinski definition) is 2. The minimum Gasteiger partial charge on any atom is -0.350 e. The summed E-state index contributed by atoms with van der Waals surface area (Å²) in [4.78, 5) is 27.3. The van der Waals surface area contributed by atoms with E-state index < -0.39 is 11.2 Å². The van der Waals surface area contributed by atoms with Crippen LogP contribution in [0.4, 0.5) is 4.39 Å². The fraction of sp³-hybridized carbons (Fsp3) is 0. The van der Waals surface area contributed by atoms with E-state index in [0.29, 0.717) is 11.4 Å². The summed E-state index contributed by atoms with van der Waals surface area (Å²) in [7, 11) is 0. The zero-order valence-corrected chi connectivity index (χ0v) is 9.61. The van der Waals surface area contributed by atoms with E-state index in [0.717, 1.165) is 0 Å². The summed E-state index contributed by atoms with van der Waals surface area (Å²) in [5, 5.41) is 0.192. The van der Waals surface area contributed by atoms with E-state index in [1.807, 2.05) is 0 Å². The molecule has 1 N–H and O–H groups in total. The lowest BCUT2D eigenvalue weighted by molar-refractivity contribution is 0.0968. The van der Waals surface area contributed by atoms with Crippen LogP contribution in [-0.4, -0.2) is 15.5 Å². The van der Waals surface area contributed by atoms with Gasteiger partial charge in [0.2, 0.25) is 5.43 Å². The highest BCUT2D eigenvalue weighted by atomic mass is 19.1. The number of para-hydroxylation sites is 1. The van der Waals surface area contributed by atoms with E-state index in [1.165, 1.54) is 22.8 Å². The molecule has 0 saturated carbocycles. The van der Waals surface area contributed by atoms with Gasteiger partial charge in [-0.2, -0.15) is 0 Å². The Kier molecular flexibility index (Phi) is 1.73. The van der Waals surface area contributed by atoms with Gasteiger partial charge >= 0.3 is 0 Å². The van der Waals surface area contributed by atoms with Gasteiger partial charge in [0.15, 0.2) is 0 Å². The van der Waals surface area contributed by atoms with Crippen LogP contribution in [0.15, 0.2) is 41.3 Å². The summed E-state index contributed by atoms with van der Waals surface area (Å²) in [5.74, 6) is -0.878. The van der Waals surface area contributed by atoms with Crippen molar-refractivity contribution in [3.63, 3.8) is 0 Å². The van der Waals surface area contributed by atoms with E-state index in [-0.39, 0.29) is 22.4 Å². The predicted octanol–water partition coefficient (Wildman–Crippen LogP) is 2.14. The Balaban J connectivity index is 2.26. The second kappa shape index (κ2) is 3.20. The number of aromatic nitrogens is 2. The molecule has 0 atom stereocenters. The molecule has 0 spiro atoms. The standard InChI is InChI=1S/C14H7FN2O2/c15-8-4-1-3-7-11(8)16-12-9-5-2-6-17(9)14(19)10(12)13(7)18/h1-6H,(H,16,18). The molecule has 4 rings (SSSR count). The molecule has 0 fully saturated rings. The Morgan fingerprint density at radius 1 is 1.11 bits per heavy atom. The van der Waals surface area contributed by atoms with Crippen LogP contribution in [-0.2, 0) is 0 Å². The second-order valence-corrected chi connectivity index (χ2v) is 4.44. The van der Waals surface area contributed by atoms with Gasteiger partial charge in [-0.3, -0.25) is 14.2 Å². The molecule has 4 nitrogen and oxygen atoms in total. The number of nitrogens with zero attached hydrogens (tertiary/aromatic N) is 1. The number of halogens is 1. The number of H-pyrrole nitrogens is 1. The van der Waals surface area contributed by atoms with Gasteiger partial charge in [0, 0.05) is 11.6 Å². The van der Waals surface area contributed by atoms with Crippen molar-refractivity contribution in [2.45, 2.75) is 0 Å². The molecule has 0 aliphatic carbocycles. The first-order valence-electron chi connectivity index (χ1n) is 5.75. The maximum absolute atomic E-state index is 13.8. The number of nitrogens with one attached hydrogen (secondary N) is 1. The zero-order chi connectivity index (χ0) is 13.1. The molecule has 3 heterocycles. The number of rotatable bonds is 0. The van der Waals surface area contributed by atoms with Crippen LogP contribution in [0.5, 0.6) is 0 Å². The third-order valence-electron chi connectivity index (χ3n) is 3.42. The van der Waals surface area contributed by atoms with Gasteiger partial charge in [0.1, 0.15) is 11.4 Å². The van der Waals surface area contributed by atoms with Crippen molar-refractivity contribution in [1.82, 2.24) is 9.55 Å². The van der Waals surface area contributed by atoms with Gasteiger partial charge in [-0.05, 0) is 24.3 Å². The van der Waals surface area contributed by atoms with Crippen LogP contribution >= 0.6 is 0 Å². The van der Waals surface area contributed by atoms with Crippen LogP contribution in [0.3, 0.4) is 0 Å². The van der Waals surface area contributed by atoms with Crippen molar-refractivity contribution >= 4 is 16.8 Å². The van der Waals surface area contributed by atoms with Crippen LogP contribution in [0.25, 0.3) is 22.3 Å². The first-order valence-corrected chi connectivity index (χ1v) is 5.75. The first-order chi connectivity index (χ1) is 9.18. The van der Waals surface area contributed by atoms with E-state index in [1.54, 1.807) is 18.3 Å². The fourth-order valence-electron chi connectivity index (χ4n) is 2.55. The smallest absolute Gasteiger partial charge is 0.268 e. The fourth-order valence-corrected chi connectivity index (χ4v) is 2.55. The van der Waals surface area contributed by atoms with Crippen molar-refractivity contribution in [3.8, 4) is 11.4 Å². The third kappa shape index (κ3) is 1.12. The van der Waals surface area contributed by atoms with Gasteiger partial charge in [-0.25, -0.2) is 4.39 Å². The Bertz CT molecular complexity index is 921.